The van der Waals surface area contributed by atoms with Crippen molar-refractivity contribution < 1.29 is 4.39 Å². The summed E-state index contributed by atoms with van der Waals surface area (Å²) in [6.45, 7) is 2.71. The van der Waals surface area contributed by atoms with E-state index in [2.05, 4.69) is 40.3 Å². The molecule has 2 aromatic rings. The molecule has 0 aromatic heterocycles. The first kappa shape index (κ1) is 14.5. The minimum absolute atomic E-state index is 0.206. The van der Waals surface area contributed by atoms with E-state index >= 15 is 0 Å². The summed E-state index contributed by atoms with van der Waals surface area (Å²) < 4.78 is 14.2. The number of benzene rings is 2. The van der Waals surface area contributed by atoms with E-state index < -0.39 is 5.82 Å². The number of nitrogens with zero attached hydrogens (tertiary/aromatic N) is 1. The maximum Gasteiger partial charge on any atom is 0.161 e. The number of nitriles is 1. The highest BCUT2D eigenvalue weighted by atomic mass is 79.9. The van der Waals surface area contributed by atoms with Crippen LogP contribution in [0.5, 0.6) is 0 Å². The second-order valence-corrected chi connectivity index (χ2v) is 5.39. The maximum atomic E-state index is 14.0. The molecule has 0 saturated heterocycles. The van der Waals surface area contributed by atoms with Crippen molar-refractivity contribution in [2.75, 3.05) is 11.9 Å². The fourth-order valence-corrected chi connectivity index (χ4v) is 2.37. The summed E-state index contributed by atoms with van der Waals surface area (Å²) in [7, 11) is 0. The van der Waals surface area contributed by atoms with Crippen LogP contribution in [0.15, 0.2) is 46.9 Å². The van der Waals surface area contributed by atoms with Crippen molar-refractivity contribution in [3.05, 3.63) is 63.9 Å². The first-order valence-corrected chi connectivity index (χ1v) is 7.09. The molecule has 102 valence electrons. The SMILES string of the molecule is CC(CNc1ccc(C#N)c(Br)c1F)c1ccccc1. The minimum Gasteiger partial charge on any atom is -0.382 e. The summed E-state index contributed by atoms with van der Waals surface area (Å²) >= 11 is 3.11. The maximum absolute atomic E-state index is 14.0. The molecule has 0 aliphatic rings. The molecule has 1 unspecified atom stereocenters. The van der Waals surface area contributed by atoms with Crippen LogP contribution in [-0.2, 0) is 0 Å². The van der Waals surface area contributed by atoms with Gasteiger partial charge < -0.3 is 5.32 Å². The summed E-state index contributed by atoms with van der Waals surface area (Å²) in [5.74, 6) is -0.158. The van der Waals surface area contributed by atoms with Gasteiger partial charge in [0.25, 0.3) is 0 Å². The standard InChI is InChI=1S/C16H14BrFN2/c1-11(12-5-3-2-4-6-12)10-20-14-8-7-13(9-19)15(17)16(14)18/h2-8,11,20H,10H2,1H3. The molecule has 1 N–H and O–H groups in total. The third-order valence-electron chi connectivity index (χ3n) is 3.17. The summed E-state index contributed by atoms with van der Waals surface area (Å²) in [4.78, 5) is 0. The molecule has 0 heterocycles. The van der Waals surface area contributed by atoms with Crippen molar-refractivity contribution in [1.82, 2.24) is 0 Å². The molecule has 0 amide bonds. The van der Waals surface area contributed by atoms with Crippen LogP contribution in [0.2, 0.25) is 0 Å². The van der Waals surface area contributed by atoms with E-state index in [9.17, 15) is 4.39 Å². The molecular formula is C16H14BrFN2. The number of nitrogens with one attached hydrogen (secondary N) is 1. The molecule has 20 heavy (non-hydrogen) atoms. The van der Waals surface area contributed by atoms with E-state index in [0.29, 0.717) is 17.8 Å². The quantitative estimate of drug-likeness (QED) is 0.882. The van der Waals surface area contributed by atoms with E-state index in [1.54, 1.807) is 12.1 Å². The zero-order valence-electron chi connectivity index (χ0n) is 11.0. The molecule has 0 aliphatic carbocycles. The van der Waals surface area contributed by atoms with Gasteiger partial charge in [-0.1, -0.05) is 37.3 Å². The minimum atomic E-state index is -0.427. The Morgan fingerprint density at radius 1 is 1.25 bits per heavy atom. The first-order chi connectivity index (χ1) is 9.63. The van der Waals surface area contributed by atoms with E-state index in [1.807, 2.05) is 24.3 Å². The second-order valence-electron chi connectivity index (χ2n) is 4.59. The average Bonchev–Trinajstić information content (AvgIpc) is 2.49. The molecule has 0 aliphatic heterocycles. The average molecular weight is 333 g/mol. The highest BCUT2D eigenvalue weighted by molar-refractivity contribution is 9.10. The van der Waals surface area contributed by atoms with Crippen molar-refractivity contribution in [3.8, 4) is 6.07 Å². The van der Waals surface area contributed by atoms with Crippen molar-refractivity contribution in [3.63, 3.8) is 0 Å². The fraction of sp³-hybridized carbons (Fsp3) is 0.188. The van der Waals surface area contributed by atoms with Gasteiger partial charge in [-0.15, -0.1) is 0 Å². The number of hydrogen-bond acceptors (Lipinski definition) is 2. The third-order valence-corrected chi connectivity index (χ3v) is 3.95. The predicted molar refractivity (Wildman–Crippen MR) is 82.2 cm³/mol. The van der Waals surface area contributed by atoms with Gasteiger partial charge in [0, 0.05) is 6.54 Å². The molecular weight excluding hydrogens is 319 g/mol. The van der Waals surface area contributed by atoms with Crippen LogP contribution in [-0.4, -0.2) is 6.54 Å². The highest BCUT2D eigenvalue weighted by Gasteiger charge is 2.12. The van der Waals surface area contributed by atoms with E-state index in [1.165, 1.54) is 5.56 Å². The van der Waals surface area contributed by atoms with Gasteiger partial charge >= 0.3 is 0 Å². The third kappa shape index (κ3) is 3.17. The highest BCUT2D eigenvalue weighted by Crippen LogP contribution is 2.27. The molecule has 4 heteroatoms. The number of halogens is 2. The summed E-state index contributed by atoms with van der Waals surface area (Å²) in [6, 6.07) is 15.2. The number of rotatable bonds is 4. The molecule has 0 bridgehead atoms. The summed E-state index contributed by atoms with van der Waals surface area (Å²) in [5.41, 5.74) is 1.90. The van der Waals surface area contributed by atoms with E-state index in [0.717, 1.165) is 0 Å². The van der Waals surface area contributed by atoms with E-state index in [-0.39, 0.29) is 10.4 Å². The van der Waals surface area contributed by atoms with Gasteiger partial charge in [-0.2, -0.15) is 5.26 Å². The molecule has 2 aromatic carbocycles. The Bertz CT molecular complexity index is 635. The Morgan fingerprint density at radius 3 is 2.60 bits per heavy atom. The lowest BCUT2D eigenvalue weighted by atomic mass is 10.0. The molecule has 2 nitrogen and oxygen atoms in total. The molecule has 0 fully saturated rings. The van der Waals surface area contributed by atoms with Gasteiger partial charge in [0.2, 0.25) is 0 Å². The second kappa shape index (κ2) is 6.53. The lowest BCUT2D eigenvalue weighted by Gasteiger charge is -2.15. The normalized spacial score (nSPS) is 11.7. The van der Waals surface area contributed by atoms with E-state index in [4.69, 9.17) is 5.26 Å². The summed E-state index contributed by atoms with van der Waals surface area (Å²) in [5, 5.41) is 11.9. The lowest BCUT2D eigenvalue weighted by Crippen LogP contribution is -2.11. The van der Waals surface area contributed by atoms with Crippen molar-refractivity contribution in [2.24, 2.45) is 0 Å². The van der Waals surface area contributed by atoms with Crippen molar-refractivity contribution in [1.29, 1.82) is 5.26 Å². The summed E-state index contributed by atoms with van der Waals surface area (Å²) in [6.07, 6.45) is 0. The molecule has 0 saturated carbocycles. The Kier molecular flexibility index (Phi) is 4.75. The van der Waals surface area contributed by atoms with Gasteiger partial charge in [-0.3, -0.25) is 0 Å². The van der Waals surface area contributed by atoms with Crippen LogP contribution in [0.3, 0.4) is 0 Å². The molecule has 2 rings (SSSR count). The monoisotopic (exact) mass is 332 g/mol. The van der Waals surface area contributed by atoms with Gasteiger partial charge in [0.15, 0.2) is 5.82 Å². The lowest BCUT2D eigenvalue weighted by molar-refractivity contribution is 0.621. The first-order valence-electron chi connectivity index (χ1n) is 6.30. The topological polar surface area (TPSA) is 35.8 Å². The molecule has 0 radical (unpaired) electrons. The van der Waals surface area contributed by atoms with Crippen molar-refractivity contribution in [2.45, 2.75) is 12.8 Å². The van der Waals surface area contributed by atoms with Gasteiger partial charge in [-0.25, -0.2) is 4.39 Å². The molecule has 1 atom stereocenters. The van der Waals surface area contributed by atoms with Gasteiger partial charge in [0.05, 0.1) is 15.7 Å². The fourth-order valence-electron chi connectivity index (χ4n) is 1.93. The van der Waals surface area contributed by atoms with Crippen molar-refractivity contribution >= 4 is 21.6 Å². The number of hydrogen-bond donors (Lipinski definition) is 1. The zero-order valence-corrected chi connectivity index (χ0v) is 12.6. The van der Waals surface area contributed by atoms with Crippen LogP contribution >= 0.6 is 15.9 Å². The van der Waals surface area contributed by atoms with Crippen LogP contribution in [0, 0.1) is 17.1 Å². The molecule has 0 spiro atoms. The van der Waals surface area contributed by atoms with Gasteiger partial charge in [0.1, 0.15) is 6.07 Å². The Balaban J connectivity index is 2.09. The van der Waals surface area contributed by atoms with Crippen LogP contribution < -0.4 is 5.32 Å². The van der Waals surface area contributed by atoms with Crippen LogP contribution in [0.4, 0.5) is 10.1 Å². The van der Waals surface area contributed by atoms with Crippen LogP contribution in [0.25, 0.3) is 0 Å². The Labute approximate surface area is 126 Å². The predicted octanol–water partition coefficient (Wildman–Crippen LogP) is 4.68. The zero-order chi connectivity index (χ0) is 14.5. The smallest absolute Gasteiger partial charge is 0.161 e. The Hall–Kier alpha value is -1.86. The van der Waals surface area contributed by atoms with Gasteiger partial charge in [-0.05, 0) is 39.5 Å². The Morgan fingerprint density at radius 2 is 1.95 bits per heavy atom. The largest absolute Gasteiger partial charge is 0.382 e. The number of anilines is 1. The van der Waals surface area contributed by atoms with Crippen LogP contribution in [0.1, 0.15) is 24.0 Å².